The molecule has 0 saturated heterocycles. The van der Waals surface area contributed by atoms with Crippen molar-refractivity contribution in [1.29, 1.82) is 0 Å². The Morgan fingerprint density at radius 2 is 2.30 bits per heavy atom. The van der Waals surface area contributed by atoms with Crippen LogP contribution < -0.4 is 5.32 Å². The quantitative estimate of drug-likeness (QED) is 0.504. The third-order valence-corrected chi connectivity index (χ3v) is 3.54. The van der Waals surface area contributed by atoms with Gasteiger partial charge in [-0.2, -0.15) is 4.39 Å². The van der Waals surface area contributed by atoms with Crippen LogP contribution in [0.5, 0.6) is 0 Å². The van der Waals surface area contributed by atoms with Crippen molar-refractivity contribution in [3.63, 3.8) is 0 Å². The summed E-state index contributed by atoms with van der Waals surface area (Å²) in [5.74, 6) is -0.834. The highest BCUT2D eigenvalue weighted by molar-refractivity contribution is 7.09. The Hall–Kier alpha value is -1.86. The zero-order chi connectivity index (χ0) is 14.5. The molecule has 106 valence electrons. The number of aromatic nitrogens is 1. The van der Waals surface area contributed by atoms with E-state index in [0.29, 0.717) is 17.8 Å². The van der Waals surface area contributed by atoms with Crippen molar-refractivity contribution in [2.45, 2.75) is 19.9 Å². The maximum Gasteiger partial charge on any atom is 0.305 e. The van der Waals surface area contributed by atoms with Gasteiger partial charge in [-0.15, -0.1) is 11.3 Å². The highest BCUT2D eigenvalue weighted by Crippen LogP contribution is 2.27. The average molecular weight is 295 g/mol. The first-order valence-corrected chi connectivity index (χ1v) is 7.09. The lowest BCUT2D eigenvalue weighted by Crippen LogP contribution is -2.13. The molecule has 20 heavy (non-hydrogen) atoms. The van der Waals surface area contributed by atoms with Crippen molar-refractivity contribution < 1.29 is 9.31 Å². The average Bonchev–Trinajstić information content (AvgIpc) is 2.88. The Morgan fingerprint density at radius 3 is 3.00 bits per heavy atom. The Bertz CT molecular complexity index is 615. The van der Waals surface area contributed by atoms with Crippen LogP contribution in [0.25, 0.3) is 11.3 Å². The summed E-state index contributed by atoms with van der Waals surface area (Å²) in [5.41, 5.74) is 0.656. The fourth-order valence-electron chi connectivity index (χ4n) is 1.71. The second-order valence-electron chi connectivity index (χ2n) is 4.23. The number of nitro groups is 1. The van der Waals surface area contributed by atoms with E-state index in [-0.39, 0.29) is 0 Å². The minimum Gasteiger partial charge on any atom is -0.310 e. The highest BCUT2D eigenvalue weighted by atomic mass is 32.1. The van der Waals surface area contributed by atoms with Crippen LogP contribution in [-0.4, -0.2) is 16.5 Å². The minimum absolute atomic E-state index is 0.527. The maximum absolute atomic E-state index is 13.3. The second-order valence-corrected chi connectivity index (χ2v) is 5.17. The molecule has 2 aromatic rings. The van der Waals surface area contributed by atoms with Crippen LogP contribution in [0.4, 0.5) is 10.1 Å². The van der Waals surface area contributed by atoms with Gasteiger partial charge in [-0.3, -0.25) is 10.1 Å². The summed E-state index contributed by atoms with van der Waals surface area (Å²) in [4.78, 5) is 14.4. The van der Waals surface area contributed by atoms with Crippen molar-refractivity contribution in [2.75, 3.05) is 6.54 Å². The van der Waals surface area contributed by atoms with Gasteiger partial charge >= 0.3 is 5.69 Å². The summed E-state index contributed by atoms with van der Waals surface area (Å²) in [6.45, 7) is 3.66. The van der Waals surface area contributed by atoms with Crippen LogP contribution in [0.3, 0.4) is 0 Å². The highest BCUT2D eigenvalue weighted by Gasteiger charge is 2.16. The first kappa shape index (κ1) is 14.5. The zero-order valence-corrected chi connectivity index (χ0v) is 11.7. The molecule has 0 fully saturated rings. The normalized spacial score (nSPS) is 10.7. The largest absolute Gasteiger partial charge is 0.310 e. The summed E-state index contributed by atoms with van der Waals surface area (Å²) < 4.78 is 13.3. The lowest BCUT2D eigenvalue weighted by atomic mass is 10.1. The van der Waals surface area contributed by atoms with E-state index in [2.05, 4.69) is 17.2 Å². The molecule has 0 radical (unpaired) electrons. The van der Waals surface area contributed by atoms with E-state index < -0.39 is 16.4 Å². The molecule has 0 amide bonds. The van der Waals surface area contributed by atoms with Gasteiger partial charge in [0.05, 0.1) is 10.6 Å². The Morgan fingerprint density at radius 1 is 1.50 bits per heavy atom. The maximum atomic E-state index is 13.3. The van der Waals surface area contributed by atoms with Crippen molar-refractivity contribution in [1.82, 2.24) is 10.3 Å². The molecule has 1 aromatic heterocycles. The minimum atomic E-state index is -0.834. The lowest BCUT2D eigenvalue weighted by molar-refractivity contribution is -0.387. The van der Waals surface area contributed by atoms with Crippen LogP contribution in [0.15, 0.2) is 23.6 Å². The van der Waals surface area contributed by atoms with Gasteiger partial charge in [0, 0.05) is 23.6 Å². The predicted molar refractivity (Wildman–Crippen MR) is 76.2 cm³/mol. The molecule has 7 heteroatoms. The first-order valence-electron chi connectivity index (χ1n) is 6.21. The molecular formula is C13H14FN3O2S. The first-order chi connectivity index (χ1) is 9.61. The molecule has 1 heterocycles. The number of nitrogens with one attached hydrogen (secondary N) is 1. The smallest absolute Gasteiger partial charge is 0.305 e. The van der Waals surface area contributed by atoms with E-state index in [9.17, 15) is 14.5 Å². The van der Waals surface area contributed by atoms with Gasteiger partial charge in [-0.05, 0) is 25.1 Å². The molecule has 0 atom stereocenters. The fraction of sp³-hybridized carbons (Fsp3) is 0.308. The van der Waals surface area contributed by atoms with Gasteiger partial charge in [0.15, 0.2) is 0 Å². The van der Waals surface area contributed by atoms with Crippen LogP contribution >= 0.6 is 11.3 Å². The third kappa shape index (κ3) is 3.37. The van der Waals surface area contributed by atoms with Crippen molar-refractivity contribution >= 4 is 17.0 Å². The van der Waals surface area contributed by atoms with Crippen LogP contribution in [-0.2, 0) is 6.54 Å². The lowest BCUT2D eigenvalue weighted by Gasteiger charge is -1.99. The standard InChI is InChI=1S/C13H14FN3O2S/c1-2-5-15-7-13-16-11(8-20-13)9-3-4-10(14)12(6-9)17(18)19/h3-4,6,8,15H,2,5,7H2,1H3. The molecule has 0 unspecified atom stereocenters. The van der Waals surface area contributed by atoms with Gasteiger partial charge < -0.3 is 5.32 Å². The summed E-state index contributed by atoms with van der Waals surface area (Å²) in [7, 11) is 0. The number of rotatable bonds is 6. The van der Waals surface area contributed by atoms with Gasteiger partial charge in [0.25, 0.3) is 0 Å². The number of nitrogens with zero attached hydrogens (tertiary/aromatic N) is 2. The van der Waals surface area contributed by atoms with Crippen molar-refractivity contribution in [3.05, 3.63) is 44.5 Å². The van der Waals surface area contributed by atoms with E-state index in [1.54, 1.807) is 0 Å². The Balaban J connectivity index is 2.19. The van der Waals surface area contributed by atoms with E-state index in [1.165, 1.54) is 23.5 Å². The molecule has 5 nitrogen and oxygen atoms in total. The summed E-state index contributed by atoms with van der Waals surface area (Å²) in [5, 5.41) is 16.7. The van der Waals surface area contributed by atoms with Crippen molar-refractivity contribution in [3.8, 4) is 11.3 Å². The fourth-order valence-corrected chi connectivity index (χ4v) is 2.48. The molecule has 0 saturated carbocycles. The molecule has 2 rings (SSSR count). The topological polar surface area (TPSA) is 68.1 Å². The molecule has 1 N–H and O–H groups in total. The number of nitro benzene ring substituents is 1. The van der Waals surface area contributed by atoms with E-state index in [1.807, 2.05) is 5.38 Å². The third-order valence-electron chi connectivity index (χ3n) is 2.69. The Labute approximate surface area is 119 Å². The molecule has 0 spiro atoms. The molecule has 0 aliphatic heterocycles. The summed E-state index contributed by atoms with van der Waals surface area (Å²) in [6, 6.07) is 3.82. The Kier molecular flexibility index (Phi) is 4.75. The van der Waals surface area contributed by atoms with Gasteiger partial charge in [-0.25, -0.2) is 4.98 Å². The monoisotopic (exact) mass is 295 g/mol. The van der Waals surface area contributed by atoms with Crippen LogP contribution in [0, 0.1) is 15.9 Å². The summed E-state index contributed by atoms with van der Waals surface area (Å²) >= 11 is 1.48. The van der Waals surface area contributed by atoms with Gasteiger partial charge in [0.2, 0.25) is 5.82 Å². The van der Waals surface area contributed by atoms with Gasteiger partial charge in [0.1, 0.15) is 5.01 Å². The SMILES string of the molecule is CCCNCc1nc(-c2ccc(F)c([N+](=O)[O-])c2)cs1. The van der Waals surface area contributed by atoms with Gasteiger partial charge in [-0.1, -0.05) is 6.92 Å². The number of hydrogen-bond donors (Lipinski definition) is 1. The predicted octanol–water partition coefficient (Wildman–Crippen LogP) is 3.36. The zero-order valence-electron chi connectivity index (χ0n) is 10.9. The number of halogens is 1. The molecule has 0 aliphatic carbocycles. The summed E-state index contributed by atoms with van der Waals surface area (Å²) in [6.07, 6.45) is 1.04. The van der Waals surface area contributed by atoms with E-state index in [0.717, 1.165) is 24.0 Å². The number of thiazole rings is 1. The molecule has 0 bridgehead atoms. The van der Waals surface area contributed by atoms with E-state index >= 15 is 0 Å². The number of benzene rings is 1. The van der Waals surface area contributed by atoms with Crippen LogP contribution in [0.2, 0.25) is 0 Å². The molecule has 1 aromatic carbocycles. The van der Waals surface area contributed by atoms with E-state index in [4.69, 9.17) is 0 Å². The van der Waals surface area contributed by atoms with Crippen molar-refractivity contribution in [2.24, 2.45) is 0 Å². The molecule has 0 aliphatic rings. The molecular weight excluding hydrogens is 281 g/mol. The number of hydrogen-bond acceptors (Lipinski definition) is 5. The van der Waals surface area contributed by atoms with Crippen LogP contribution in [0.1, 0.15) is 18.4 Å². The second kappa shape index (κ2) is 6.53.